The van der Waals surface area contributed by atoms with E-state index in [2.05, 4.69) is 13.8 Å². The molecule has 7 heavy (non-hydrogen) atoms. The Morgan fingerprint density at radius 3 is 2.00 bits per heavy atom. The van der Waals surface area contributed by atoms with Crippen LogP contribution in [-0.2, 0) is 4.74 Å². The molecule has 46 valence electrons. The molecular weight excluding hydrogens is 92.1 g/mol. The summed E-state index contributed by atoms with van der Waals surface area (Å²) in [5.74, 6) is 0. The molecule has 0 rings (SSSR count). The fourth-order valence-corrected chi connectivity index (χ4v) is 0.167. The topological polar surface area (TPSA) is 40.7 Å². The van der Waals surface area contributed by atoms with E-state index < -0.39 is 0 Å². The van der Waals surface area contributed by atoms with Crippen molar-refractivity contribution in [2.75, 3.05) is 7.11 Å². The van der Waals surface area contributed by atoms with Gasteiger partial charge in [-0.1, -0.05) is 6.92 Å². The predicted molar refractivity (Wildman–Crippen MR) is 30.4 cm³/mol. The van der Waals surface area contributed by atoms with Gasteiger partial charge in [0, 0.05) is 7.11 Å². The van der Waals surface area contributed by atoms with E-state index in [1.807, 2.05) is 0 Å². The third-order valence-corrected chi connectivity index (χ3v) is 0.977. The van der Waals surface area contributed by atoms with Crippen LogP contribution in [0.1, 0.15) is 20.3 Å². The van der Waals surface area contributed by atoms with Gasteiger partial charge in [-0.3, -0.25) is 0 Å². The van der Waals surface area contributed by atoms with Crippen LogP contribution in [0.25, 0.3) is 0 Å². The summed E-state index contributed by atoms with van der Waals surface area (Å²) in [6.07, 6.45) is 1.54. The summed E-state index contributed by atoms with van der Waals surface area (Å²) in [6, 6.07) is 0. The van der Waals surface area contributed by atoms with E-state index >= 15 is 0 Å². The zero-order valence-corrected chi connectivity index (χ0v) is 5.19. The van der Waals surface area contributed by atoms with Gasteiger partial charge in [0.25, 0.3) is 0 Å². The molecule has 0 fully saturated rings. The van der Waals surface area contributed by atoms with Crippen LogP contribution in [0.15, 0.2) is 0 Å². The van der Waals surface area contributed by atoms with Crippen LogP contribution in [0.5, 0.6) is 0 Å². The fraction of sp³-hybridized carbons (Fsp3) is 1.00. The maximum absolute atomic E-state index is 4.90. The number of hydrogen-bond acceptors (Lipinski definition) is 1. The molecule has 0 aromatic carbocycles. The lowest BCUT2D eigenvalue weighted by Crippen LogP contribution is -2.00. The highest BCUT2D eigenvalue weighted by molar-refractivity contribution is 4.38. The molecule has 0 amide bonds. The average molecular weight is 106 g/mol. The van der Waals surface area contributed by atoms with Gasteiger partial charge in [-0.05, 0) is 13.3 Å². The molecule has 2 N–H and O–H groups in total. The molecule has 0 aromatic heterocycles. The van der Waals surface area contributed by atoms with Gasteiger partial charge in [-0.15, -0.1) is 0 Å². The van der Waals surface area contributed by atoms with Gasteiger partial charge >= 0.3 is 0 Å². The molecule has 0 spiro atoms. The van der Waals surface area contributed by atoms with E-state index in [0.717, 1.165) is 6.42 Å². The fourth-order valence-electron chi connectivity index (χ4n) is 0.167. The Hall–Kier alpha value is -0.0800. The number of ether oxygens (including phenoxy) is 1. The molecule has 1 unspecified atom stereocenters. The Morgan fingerprint density at radius 1 is 1.57 bits per heavy atom. The summed E-state index contributed by atoms with van der Waals surface area (Å²) in [5.41, 5.74) is 0. The van der Waals surface area contributed by atoms with Crippen molar-refractivity contribution in [2.24, 2.45) is 0 Å². The third kappa shape index (κ3) is 5.92. The van der Waals surface area contributed by atoms with E-state index in [9.17, 15) is 0 Å². The Balaban J connectivity index is 0. The van der Waals surface area contributed by atoms with Crippen LogP contribution in [0.3, 0.4) is 0 Å². The first kappa shape index (κ1) is 10.0. The van der Waals surface area contributed by atoms with E-state index in [-0.39, 0.29) is 5.48 Å². The highest BCUT2D eigenvalue weighted by Gasteiger charge is 1.88. The van der Waals surface area contributed by atoms with E-state index in [1.54, 1.807) is 7.11 Å². The smallest absolute Gasteiger partial charge is 0.0540 e. The summed E-state index contributed by atoms with van der Waals surface area (Å²) >= 11 is 0. The van der Waals surface area contributed by atoms with Gasteiger partial charge < -0.3 is 10.2 Å². The van der Waals surface area contributed by atoms with Crippen molar-refractivity contribution in [3.8, 4) is 0 Å². The molecule has 2 nitrogen and oxygen atoms in total. The summed E-state index contributed by atoms with van der Waals surface area (Å²) < 4.78 is 4.90. The molecule has 0 radical (unpaired) electrons. The lowest BCUT2D eigenvalue weighted by atomic mass is 10.3. The second-order valence-electron chi connectivity index (χ2n) is 1.45. The maximum Gasteiger partial charge on any atom is 0.0540 e. The van der Waals surface area contributed by atoms with Crippen molar-refractivity contribution in [1.82, 2.24) is 0 Å². The molecule has 2 heteroatoms. The summed E-state index contributed by atoms with van der Waals surface area (Å²) in [7, 11) is 1.73. The average Bonchev–Trinajstić information content (AvgIpc) is 1.65. The molecule has 0 aliphatic carbocycles. The van der Waals surface area contributed by atoms with Crippen LogP contribution in [0.4, 0.5) is 0 Å². The molecule has 0 aliphatic rings. The van der Waals surface area contributed by atoms with Gasteiger partial charge in [0.05, 0.1) is 6.10 Å². The minimum Gasteiger partial charge on any atom is -0.412 e. The molecule has 0 bridgehead atoms. The van der Waals surface area contributed by atoms with Crippen LogP contribution in [0.2, 0.25) is 0 Å². The van der Waals surface area contributed by atoms with E-state index in [1.165, 1.54) is 0 Å². The molecule has 0 aliphatic heterocycles. The van der Waals surface area contributed by atoms with Crippen molar-refractivity contribution >= 4 is 0 Å². The van der Waals surface area contributed by atoms with Crippen molar-refractivity contribution in [2.45, 2.75) is 26.4 Å². The molecule has 0 saturated carbocycles. The van der Waals surface area contributed by atoms with Crippen LogP contribution < -0.4 is 0 Å². The van der Waals surface area contributed by atoms with Crippen LogP contribution in [0, 0.1) is 0 Å². The van der Waals surface area contributed by atoms with Gasteiger partial charge in [-0.2, -0.15) is 0 Å². The Labute approximate surface area is 44.8 Å². The standard InChI is InChI=1S/C5H12O.H2O/c1-4-5(2)6-3;/h5H,4H2,1-3H3;1H2. The lowest BCUT2D eigenvalue weighted by molar-refractivity contribution is 0.115. The highest BCUT2D eigenvalue weighted by Crippen LogP contribution is 1.89. The van der Waals surface area contributed by atoms with Crippen LogP contribution in [-0.4, -0.2) is 18.7 Å². The Kier molecular flexibility index (Phi) is 8.47. The van der Waals surface area contributed by atoms with Crippen molar-refractivity contribution in [1.29, 1.82) is 0 Å². The first-order chi connectivity index (χ1) is 2.81. The summed E-state index contributed by atoms with van der Waals surface area (Å²) in [5, 5.41) is 0. The largest absolute Gasteiger partial charge is 0.412 e. The van der Waals surface area contributed by atoms with Gasteiger partial charge in [0.1, 0.15) is 0 Å². The van der Waals surface area contributed by atoms with Crippen molar-refractivity contribution < 1.29 is 10.2 Å². The first-order valence-corrected chi connectivity index (χ1v) is 2.34. The minimum absolute atomic E-state index is 0. The SMILES string of the molecule is CCC(C)OC.O. The third-order valence-electron chi connectivity index (χ3n) is 0.977. The van der Waals surface area contributed by atoms with Crippen LogP contribution >= 0.6 is 0 Å². The lowest BCUT2D eigenvalue weighted by Gasteiger charge is -2.01. The maximum atomic E-state index is 4.90. The zero-order valence-electron chi connectivity index (χ0n) is 5.19. The second-order valence-corrected chi connectivity index (χ2v) is 1.45. The number of hydrogen-bond donors (Lipinski definition) is 0. The second kappa shape index (κ2) is 5.92. The molecule has 0 heterocycles. The van der Waals surface area contributed by atoms with E-state index in [4.69, 9.17) is 4.74 Å². The quantitative estimate of drug-likeness (QED) is 0.508. The van der Waals surface area contributed by atoms with Crippen molar-refractivity contribution in [3.05, 3.63) is 0 Å². The van der Waals surface area contributed by atoms with Gasteiger partial charge in [0.2, 0.25) is 0 Å². The van der Waals surface area contributed by atoms with Gasteiger partial charge in [0.15, 0.2) is 0 Å². The molecule has 1 atom stereocenters. The Bertz CT molecular complexity index is 25.3. The first-order valence-electron chi connectivity index (χ1n) is 2.34. The molecular formula is C5H14O2. The number of rotatable bonds is 2. The van der Waals surface area contributed by atoms with Gasteiger partial charge in [-0.25, -0.2) is 0 Å². The molecule has 0 saturated heterocycles. The summed E-state index contributed by atoms with van der Waals surface area (Å²) in [6.45, 7) is 4.16. The molecule has 0 aromatic rings. The highest BCUT2D eigenvalue weighted by atomic mass is 16.5. The monoisotopic (exact) mass is 106 g/mol. The van der Waals surface area contributed by atoms with Crippen molar-refractivity contribution in [3.63, 3.8) is 0 Å². The minimum atomic E-state index is 0. The summed E-state index contributed by atoms with van der Waals surface area (Å²) in [4.78, 5) is 0. The number of methoxy groups -OCH3 is 1. The zero-order chi connectivity index (χ0) is 4.99. The predicted octanol–water partition coefficient (Wildman–Crippen LogP) is 0.607. The normalized spacial score (nSPS) is 12.4. The Morgan fingerprint density at radius 2 is 2.00 bits per heavy atom. The van der Waals surface area contributed by atoms with E-state index in [0.29, 0.717) is 6.10 Å².